The number of terminal acetylenes is 2. The van der Waals surface area contributed by atoms with E-state index in [1.165, 1.54) is 0 Å². The number of aromatic nitrogens is 6. The number of hydrogen-bond acceptors (Lipinski definition) is 5. The Morgan fingerprint density at radius 3 is 1.58 bits per heavy atom. The Balaban J connectivity index is 0.000000172. The van der Waals surface area contributed by atoms with Gasteiger partial charge < -0.3 is 23.4 Å². The van der Waals surface area contributed by atoms with E-state index in [4.69, 9.17) is 36.0 Å². The fourth-order valence-electron chi connectivity index (χ4n) is 9.07. The summed E-state index contributed by atoms with van der Waals surface area (Å²) in [6, 6.07) is 45.4. The van der Waals surface area contributed by atoms with Gasteiger partial charge in [0.1, 0.15) is 0 Å². The van der Waals surface area contributed by atoms with E-state index in [9.17, 15) is 14.7 Å². The standard InChI is InChI=1S/C29H22ClN3O2.C29H22ClN3O/c1-4-19-6-5-7-20(14-19)24-16-28(34)33(3)26-13-10-22(15-25(24)26)29(35,27-17-31-18-32(27)2)21-8-11-23(30)12-9-21;1-4-19-6-5-7-21(14-19)24-16-28(34)33(3)26-13-10-22(15-25(24)26)29(27-17-31-18-32(27)2)20-8-11-23(30)12-9-20/h1,5-18,35H,2-3H3;1,5-18,29H,2-3H3/t29-;/m1./s1. The molecule has 9 nitrogen and oxygen atoms in total. The van der Waals surface area contributed by atoms with Crippen molar-refractivity contribution in [3.8, 4) is 46.9 Å². The molecule has 0 aliphatic heterocycles. The number of rotatable bonds is 8. The number of hydrogen-bond donors (Lipinski definition) is 1. The minimum Gasteiger partial charge on any atom is -0.374 e. The Labute approximate surface area is 409 Å². The average molecular weight is 944 g/mol. The van der Waals surface area contributed by atoms with Gasteiger partial charge in [-0.25, -0.2) is 9.97 Å². The van der Waals surface area contributed by atoms with Crippen molar-refractivity contribution >= 4 is 45.0 Å². The molecule has 2 atom stereocenters. The zero-order valence-electron chi connectivity index (χ0n) is 38.1. The first kappa shape index (κ1) is 46.0. The van der Waals surface area contributed by atoms with E-state index in [-0.39, 0.29) is 17.0 Å². The topological polar surface area (TPSA) is 99.9 Å². The van der Waals surface area contributed by atoms with Gasteiger partial charge in [0.2, 0.25) is 0 Å². The third-order valence-electron chi connectivity index (χ3n) is 12.8. The van der Waals surface area contributed by atoms with E-state index in [1.807, 2.05) is 122 Å². The molecule has 0 aliphatic carbocycles. The van der Waals surface area contributed by atoms with E-state index in [2.05, 4.69) is 33.9 Å². The number of aliphatic hydroxyl groups is 1. The summed E-state index contributed by atoms with van der Waals surface area (Å²) in [6.07, 6.45) is 18.3. The van der Waals surface area contributed by atoms with E-state index >= 15 is 0 Å². The summed E-state index contributed by atoms with van der Waals surface area (Å²) < 4.78 is 7.09. The number of nitrogens with zero attached hydrogens (tertiary/aromatic N) is 6. The Bertz CT molecular complexity index is 3800. The molecular formula is C58H44Cl2N6O3. The molecule has 0 bridgehead atoms. The second-order valence-electron chi connectivity index (χ2n) is 16.9. The SMILES string of the molecule is C#Cc1cccc(-c2cc(=O)n(C)c3ccc(C(c4ccc(Cl)cc4)c4cncn4C)cc23)c1.C#Cc1cccc(-c2cc(=O)n(C)c3ccc([C@](O)(c4ccc(Cl)cc4)c4cncn4C)cc23)c1. The highest BCUT2D eigenvalue weighted by Gasteiger charge is 2.37. The van der Waals surface area contributed by atoms with Gasteiger partial charge in [0.15, 0.2) is 5.60 Å². The second kappa shape index (κ2) is 18.8. The van der Waals surface area contributed by atoms with Crippen LogP contribution in [0.5, 0.6) is 0 Å². The van der Waals surface area contributed by atoms with Crippen LogP contribution in [0, 0.1) is 24.7 Å². The molecule has 4 heterocycles. The molecule has 0 spiro atoms. The number of halogens is 2. The molecule has 1 N–H and O–H groups in total. The van der Waals surface area contributed by atoms with Crippen molar-refractivity contribution in [1.82, 2.24) is 28.2 Å². The van der Waals surface area contributed by atoms with Gasteiger partial charge in [-0.15, -0.1) is 12.8 Å². The lowest BCUT2D eigenvalue weighted by Crippen LogP contribution is -2.31. The maximum atomic E-state index is 12.8. The summed E-state index contributed by atoms with van der Waals surface area (Å²) >= 11 is 12.3. The van der Waals surface area contributed by atoms with Crippen molar-refractivity contribution < 1.29 is 5.11 Å². The molecule has 6 aromatic carbocycles. The average Bonchev–Trinajstić information content (AvgIpc) is 4.01. The molecule has 0 saturated carbocycles. The molecule has 10 rings (SSSR count). The first-order chi connectivity index (χ1) is 33.3. The molecule has 1 unspecified atom stereocenters. The number of aryl methyl sites for hydroxylation is 4. The number of benzene rings is 6. The third-order valence-corrected chi connectivity index (χ3v) is 13.3. The van der Waals surface area contributed by atoms with Gasteiger partial charge in [-0.1, -0.05) is 95.7 Å². The van der Waals surface area contributed by atoms with Crippen LogP contribution in [-0.2, 0) is 33.8 Å². The van der Waals surface area contributed by atoms with Crippen LogP contribution in [-0.4, -0.2) is 33.3 Å². The summed E-state index contributed by atoms with van der Waals surface area (Å²) in [4.78, 5) is 34.2. The molecule has 0 fully saturated rings. The zero-order chi connectivity index (χ0) is 48.6. The highest BCUT2D eigenvalue weighted by molar-refractivity contribution is 6.30. The normalized spacial score (nSPS) is 12.4. The lowest BCUT2D eigenvalue weighted by Gasteiger charge is -2.30. The smallest absolute Gasteiger partial charge is 0.251 e. The molecule has 10 aromatic rings. The van der Waals surface area contributed by atoms with Gasteiger partial charge in [0.25, 0.3) is 11.1 Å². The first-order valence-corrected chi connectivity index (χ1v) is 22.6. The van der Waals surface area contributed by atoms with Gasteiger partial charge in [-0.3, -0.25) is 9.59 Å². The molecule has 338 valence electrons. The van der Waals surface area contributed by atoms with E-state index < -0.39 is 5.60 Å². The van der Waals surface area contributed by atoms with Crippen LogP contribution in [0.2, 0.25) is 10.0 Å². The molecule has 11 heteroatoms. The first-order valence-electron chi connectivity index (χ1n) is 21.9. The van der Waals surface area contributed by atoms with Crippen molar-refractivity contribution in [3.63, 3.8) is 0 Å². The molecular weight excluding hydrogens is 900 g/mol. The van der Waals surface area contributed by atoms with E-state index in [1.54, 1.807) is 83.0 Å². The van der Waals surface area contributed by atoms with Crippen molar-refractivity contribution in [2.75, 3.05) is 0 Å². The predicted molar refractivity (Wildman–Crippen MR) is 277 cm³/mol. The van der Waals surface area contributed by atoms with Crippen molar-refractivity contribution in [2.45, 2.75) is 11.5 Å². The molecule has 0 radical (unpaired) electrons. The minimum atomic E-state index is -1.52. The van der Waals surface area contributed by atoms with E-state index in [0.29, 0.717) is 26.9 Å². The monoisotopic (exact) mass is 942 g/mol. The van der Waals surface area contributed by atoms with Crippen molar-refractivity contribution in [2.24, 2.45) is 28.2 Å². The van der Waals surface area contributed by atoms with Crippen LogP contribution < -0.4 is 11.1 Å². The van der Waals surface area contributed by atoms with Crippen LogP contribution >= 0.6 is 23.2 Å². The Kier molecular flexibility index (Phi) is 12.5. The predicted octanol–water partition coefficient (Wildman–Crippen LogP) is 10.6. The van der Waals surface area contributed by atoms with Gasteiger partial charge in [-0.2, -0.15) is 0 Å². The highest BCUT2D eigenvalue weighted by Crippen LogP contribution is 2.40. The lowest BCUT2D eigenvalue weighted by atomic mass is 9.82. The van der Waals surface area contributed by atoms with Gasteiger partial charge in [0, 0.05) is 84.2 Å². The second-order valence-corrected chi connectivity index (χ2v) is 17.8. The summed E-state index contributed by atoms with van der Waals surface area (Å²) in [6.45, 7) is 0. The Morgan fingerprint density at radius 2 is 1.06 bits per heavy atom. The number of pyridine rings is 2. The third kappa shape index (κ3) is 8.68. The fraction of sp³-hybridized carbons (Fsp3) is 0.103. The largest absolute Gasteiger partial charge is 0.374 e. The van der Waals surface area contributed by atoms with Gasteiger partial charge >= 0.3 is 0 Å². The summed E-state index contributed by atoms with van der Waals surface area (Å²) in [5.74, 6) is 5.28. The maximum absolute atomic E-state index is 12.8. The van der Waals surface area contributed by atoms with Crippen LogP contribution in [0.3, 0.4) is 0 Å². The van der Waals surface area contributed by atoms with Crippen molar-refractivity contribution in [3.05, 3.63) is 246 Å². The quantitative estimate of drug-likeness (QED) is 0.153. The zero-order valence-corrected chi connectivity index (χ0v) is 39.6. The van der Waals surface area contributed by atoms with E-state index in [0.717, 1.165) is 72.0 Å². The van der Waals surface area contributed by atoms with Gasteiger partial charge in [0.05, 0.1) is 41.5 Å². The van der Waals surface area contributed by atoms with Gasteiger partial charge in [-0.05, 0) is 117 Å². The summed E-state index contributed by atoms with van der Waals surface area (Å²) in [5.41, 5.74) is 9.84. The summed E-state index contributed by atoms with van der Waals surface area (Å²) in [5, 5.41) is 15.4. The number of imidazole rings is 2. The number of fused-ring (bicyclic) bond motifs is 2. The highest BCUT2D eigenvalue weighted by atomic mass is 35.5. The summed E-state index contributed by atoms with van der Waals surface area (Å²) in [7, 11) is 7.36. The fourth-order valence-corrected chi connectivity index (χ4v) is 9.32. The van der Waals surface area contributed by atoms with Crippen LogP contribution in [0.4, 0.5) is 0 Å². The molecule has 69 heavy (non-hydrogen) atoms. The van der Waals surface area contributed by atoms with Crippen LogP contribution in [0.1, 0.15) is 50.7 Å². The van der Waals surface area contributed by atoms with Crippen LogP contribution in [0.25, 0.3) is 44.1 Å². The molecule has 0 saturated heterocycles. The van der Waals surface area contributed by atoms with Crippen molar-refractivity contribution in [1.29, 1.82) is 0 Å². The molecule has 0 amide bonds. The molecule has 4 aromatic heterocycles. The maximum Gasteiger partial charge on any atom is 0.251 e. The van der Waals surface area contributed by atoms with Crippen LogP contribution in [0.15, 0.2) is 180 Å². The Hall–Kier alpha value is -8.18. The lowest BCUT2D eigenvalue weighted by molar-refractivity contribution is 0.117. The Morgan fingerprint density at radius 1 is 0.565 bits per heavy atom. The molecule has 0 aliphatic rings. The minimum absolute atomic E-state index is 0.0590.